The van der Waals surface area contributed by atoms with Crippen molar-refractivity contribution in [3.8, 4) is 17.1 Å². The standard InChI is InChI=1S/C27H32N4O5/c1-5-31-24-22(26(33)30-12-10-18(11-13-30)27(34)36-6-2)15-20(28-17(3)32)16-23(24)29-25(31)19-8-7-9-21(14-19)35-4/h7-9,14-16,18H,5-6,10-13H2,1-4H3,(H,28,32). The summed E-state index contributed by atoms with van der Waals surface area (Å²) in [5, 5.41) is 2.80. The Bertz CT molecular complexity index is 1290. The number of esters is 1. The van der Waals surface area contributed by atoms with E-state index in [2.05, 4.69) is 5.32 Å². The number of nitrogens with zero attached hydrogens (tertiary/aromatic N) is 3. The molecule has 2 amide bonds. The van der Waals surface area contributed by atoms with Gasteiger partial charge >= 0.3 is 5.97 Å². The molecule has 0 unspecified atom stereocenters. The van der Waals surface area contributed by atoms with E-state index in [0.29, 0.717) is 72.9 Å². The Hall–Kier alpha value is -3.88. The monoisotopic (exact) mass is 492 g/mol. The number of likely N-dealkylation sites (tertiary alicyclic amines) is 1. The topological polar surface area (TPSA) is 103 Å². The molecule has 9 heteroatoms. The van der Waals surface area contributed by atoms with Crippen LogP contribution in [-0.2, 0) is 20.9 Å². The Morgan fingerprint density at radius 2 is 1.86 bits per heavy atom. The van der Waals surface area contributed by atoms with Crippen molar-refractivity contribution in [2.75, 3.05) is 32.1 Å². The summed E-state index contributed by atoms with van der Waals surface area (Å²) in [6, 6.07) is 11.1. The predicted molar refractivity (Wildman–Crippen MR) is 137 cm³/mol. The lowest BCUT2D eigenvalue weighted by Crippen LogP contribution is -2.40. The minimum Gasteiger partial charge on any atom is -0.497 e. The van der Waals surface area contributed by atoms with Crippen LogP contribution in [0.2, 0.25) is 0 Å². The highest BCUT2D eigenvalue weighted by molar-refractivity contribution is 6.08. The number of hydrogen-bond acceptors (Lipinski definition) is 6. The third kappa shape index (κ3) is 5.05. The molecule has 4 rings (SSSR count). The van der Waals surface area contributed by atoms with Gasteiger partial charge in [0.25, 0.3) is 5.91 Å². The maximum absolute atomic E-state index is 13.8. The molecular formula is C27H32N4O5. The second-order valence-corrected chi connectivity index (χ2v) is 8.80. The zero-order valence-corrected chi connectivity index (χ0v) is 21.2. The number of carbonyl (C=O) groups is 3. The molecule has 2 heterocycles. The highest BCUT2D eigenvalue weighted by Gasteiger charge is 2.30. The van der Waals surface area contributed by atoms with E-state index in [1.165, 1.54) is 6.92 Å². The number of methoxy groups -OCH3 is 1. The number of hydrogen-bond donors (Lipinski definition) is 1. The number of nitrogens with one attached hydrogen (secondary N) is 1. The summed E-state index contributed by atoms with van der Waals surface area (Å²) in [7, 11) is 1.61. The van der Waals surface area contributed by atoms with Crippen molar-refractivity contribution in [2.45, 2.75) is 40.2 Å². The van der Waals surface area contributed by atoms with Gasteiger partial charge in [0.05, 0.1) is 36.2 Å². The molecule has 3 aromatic rings. The first kappa shape index (κ1) is 25.2. The van der Waals surface area contributed by atoms with Crippen LogP contribution in [0.5, 0.6) is 5.75 Å². The predicted octanol–water partition coefficient (Wildman–Crippen LogP) is 4.11. The van der Waals surface area contributed by atoms with Gasteiger partial charge in [-0.2, -0.15) is 0 Å². The molecule has 0 aliphatic carbocycles. The van der Waals surface area contributed by atoms with Crippen LogP contribution < -0.4 is 10.1 Å². The average molecular weight is 493 g/mol. The number of ether oxygens (including phenoxy) is 2. The molecular weight excluding hydrogens is 460 g/mol. The fourth-order valence-corrected chi connectivity index (χ4v) is 4.75. The number of carbonyl (C=O) groups excluding carboxylic acids is 3. The van der Waals surface area contributed by atoms with Crippen LogP contribution >= 0.6 is 0 Å². The number of anilines is 1. The third-order valence-electron chi connectivity index (χ3n) is 6.44. The molecule has 0 saturated carbocycles. The van der Waals surface area contributed by atoms with Crippen LogP contribution in [0.15, 0.2) is 36.4 Å². The lowest BCUT2D eigenvalue weighted by molar-refractivity contribution is -0.149. The zero-order chi connectivity index (χ0) is 25.8. The van der Waals surface area contributed by atoms with Crippen LogP contribution in [0.3, 0.4) is 0 Å². The number of amides is 2. The Balaban J connectivity index is 1.76. The normalized spacial score (nSPS) is 14.1. The maximum Gasteiger partial charge on any atom is 0.309 e. The van der Waals surface area contributed by atoms with Gasteiger partial charge in [0.2, 0.25) is 5.91 Å². The summed E-state index contributed by atoms with van der Waals surface area (Å²) in [5.74, 6) is 0.641. The Morgan fingerprint density at radius 1 is 1.11 bits per heavy atom. The van der Waals surface area contributed by atoms with Gasteiger partial charge in [-0.1, -0.05) is 12.1 Å². The summed E-state index contributed by atoms with van der Waals surface area (Å²) in [5.41, 5.74) is 3.17. The SMILES string of the molecule is CCOC(=O)C1CCN(C(=O)c2cc(NC(C)=O)cc3nc(-c4cccc(OC)c4)n(CC)c23)CC1. The molecule has 0 spiro atoms. The lowest BCUT2D eigenvalue weighted by atomic mass is 9.96. The van der Waals surface area contributed by atoms with Gasteiger partial charge in [-0.15, -0.1) is 0 Å². The van der Waals surface area contributed by atoms with Gasteiger partial charge in [0, 0.05) is 37.8 Å². The molecule has 36 heavy (non-hydrogen) atoms. The molecule has 1 aromatic heterocycles. The van der Waals surface area contributed by atoms with E-state index in [-0.39, 0.29) is 23.7 Å². The summed E-state index contributed by atoms with van der Waals surface area (Å²) >= 11 is 0. The number of fused-ring (bicyclic) bond motifs is 1. The van der Waals surface area contributed by atoms with Crippen molar-refractivity contribution in [3.63, 3.8) is 0 Å². The smallest absolute Gasteiger partial charge is 0.309 e. The van der Waals surface area contributed by atoms with Crippen LogP contribution in [0, 0.1) is 5.92 Å². The van der Waals surface area contributed by atoms with Gasteiger partial charge in [0.1, 0.15) is 11.6 Å². The van der Waals surface area contributed by atoms with Crippen molar-refractivity contribution in [3.05, 3.63) is 42.0 Å². The quantitative estimate of drug-likeness (QED) is 0.498. The number of aryl methyl sites for hydroxylation is 1. The first-order valence-electron chi connectivity index (χ1n) is 12.3. The first-order valence-corrected chi connectivity index (χ1v) is 12.3. The van der Waals surface area contributed by atoms with E-state index in [4.69, 9.17) is 14.5 Å². The van der Waals surface area contributed by atoms with Crippen molar-refractivity contribution >= 4 is 34.5 Å². The van der Waals surface area contributed by atoms with Gasteiger partial charge in [-0.25, -0.2) is 4.98 Å². The highest BCUT2D eigenvalue weighted by Crippen LogP contribution is 2.32. The molecule has 190 valence electrons. The number of rotatable bonds is 7. The molecule has 1 N–H and O–H groups in total. The van der Waals surface area contributed by atoms with E-state index in [1.807, 2.05) is 35.8 Å². The van der Waals surface area contributed by atoms with Crippen molar-refractivity contribution in [1.29, 1.82) is 0 Å². The molecule has 0 bridgehead atoms. The highest BCUT2D eigenvalue weighted by atomic mass is 16.5. The number of benzene rings is 2. The molecule has 1 saturated heterocycles. The molecule has 1 aliphatic rings. The first-order chi connectivity index (χ1) is 17.4. The zero-order valence-electron chi connectivity index (χ0n) is 21.2. The molecule has 2 aromatic carbocycles. The van der Waals surface area contributed by atoms with E-state index >= 15 is 0 Å². The van der Waals surface area contributed by atoms with Crippen molar-refractivity contribution in [2.24, 2.45) is 5.92 Å². The van der Waals surface area contributed by atoms with E-state index < -0.39 is 0 Å². The van der Waals surface area contributed by atoms with E-state index in [9.17, 15) is 14.4 Å². The Morgan fingerprint density at radius 3 is 2.50 bits per heavy atom. The number of imidazole rings is 1. The van der Waals surface area contributed by atoms with Gasteiger partial charge in [0.15, 0.2) is 0 Å². The molecule has 0 radical (unpaired) electrons. The minimum atomic E-state index is -0.231. The molecule has 9 nitrogen and oxygen atoms in total. The fourth-order valence-electron chi connectivity index (χ4n) is 4.75. The van der Waals surface area contributed by atoms with Gasteiger partial charge < -0.3 is 24.3 Å². The Labute approximate surface area is 210 Å². The summed E-state index contributed by atoms with van der Waals surface area (Å²) < 4.78 is 12.6. The van der Waals surface area contributed by atoms with Crippen LogP contribution in [-0.4, -0.2) is 59.0 Å². The minimum absolute atomic E-state index is 0.152. The molecule has 0 atom stereocenters. The Kier molecular flexibility index (Phi) is 7.57. The molecule has 1 fully saturated rings. The third-order valence-corrected chi connectivity index (χ3v) is 6.44. The fraction of sp³-hybridized carbons (Fsp3) is 0.407. The van der Waals surface area contributed by atoms with Crippen molar-refractivity contribution < 1.29 is 23.9 Å². The van der Waals surface area contributed by atoms with Crippen LogP contribution in [0.4, 0.5) is 5.69 Å². The summed E-state index contributed by atoms with van der Waals surface area (Å²) in [4.78, 5) is 44.4. The average Bonchev–Trinajstić information content (AvgIpc) is 3.26. The van der Waals surface area contributed by atoms with Crippen LogP contribution in [0.25, 0.3) is 22.4 Å². The molecule has 1 aliphatic heterocycles. The number of piperidine rings is 1. The summed E-state index contributed by atoms with van der Waals surface area (Å²) in [6.45, 7) is 7.08. The van der Waals surface area contributed by atoms with Crippen LogP contribution in [0.1, 0.15) is 44.0 Å². The second-order valence-electron chi connectivity index (χ2n) is 8.80. The maximum atomic E-state index is 13.8. The largest absolute Gasteiger partial charge is 0.497 e. The number of aromatic nitrogens is 2. The van der Waals surface area contributed by atoms with Crippen molar-refractivity contribution in [1.82, 2.24) is 14.5 Å². The van der Waals surface area contributed by atoms with E-state index in [1.54, 1.807) is 31.1 Å². The van der Waals surface area contributed by atoms with Gasteiger partial charge in [-0.3, -0.25) is 14.4 Å². The second kappa shape index (κ2) is 10.8. The van der Waals surface area contributed by atoms with E-state index in [0.717, 1.165) is 5.56 Å². The lowest BCUT2D eigenvalue weighted by Gasteiger charge is -2.31. The summed E-state index contributed by atoms with van der Waals surface area (Å²) in [6.07, 6.45) is 1.11. The van der Waals surface area contributed by atoms with Gasteiger partial charge in [-0.05, 0) is 51.0 Å².